The molecule has 0 aliphatic rings. The van der Waals surface area contributed by atoms with Gasteiger partial charge in [-0.3, -0.25) is 0 Å². The van der Waals surface area contributed by atoms with Crippen LogP contribution < -0.4 is 10.1 Å². The highest BCUT2D eigenvalue weighted by Gasteiger charge is 2.13. The highest BCUT2D eigenvalue weighted by atomic mass is 79.9. The average Bonchev–Trinajstić information content (AvgIpc) is 2.89. The fourth-order valence-corrected chi connectivity index (χ4v) is 3.04. The van der Waals surface area contributed by atoms with Crippen molar-refractivity contribution in [3.05, 3.63) is 34.6 Å². The van der Waals surface area contributed by atoms with Crippen LogP contribution in [0.1, 0.15) is 5.56 Å². The summed E-state index contributed by atoms with van der Waals surface area (Å²) >= 11 is 3.42. The van der Waals surface area contributed by atoms with Crippen molar-refractivity contribution >= 4 is 30.0 Å². The van der Waals surface area contributed by atoms with E-state index in [0.717, 1.165) is 24.0 Å². The van der Waals surface area contributed by atoms with Gasteiger partial charge in [0.2, 0.25) is 5.95 Å². The zero-order chi connectivity index (χ0) is 17.6. The molecule has 1 aromatic carbocycles. The number of hydrogen-bond acceptors (Lipinski definition) is 5. The molecule has 0 aliphatic heterocycles. The molecule has 0 atom stereocenters. The van der Waals surface area contributed by atoms with Gasteiger partial charge >= 0.3 is 0 Å². The third-order valence-electron chi connectivity index (χ3n) is 3.45. The van der Waals surface area contributed by atoms with Crippen molar-refractivity contribution in [3.63, 3.8) is 0 Å². The number of nitrogens with zero attached hydrogens (tertiary/aromatic N) is 3. The lowest BCUT2D eigenvalue weighted by molar-refractivity contribution is 0.0768. The SMILES string of the molecule is COc1ccc(CNc2nc(Br)n(COCC[Si](C)(C)C)n2)cc1. The van der Waals surface area contributed by atoms with Gasteiger partial charge < -0.3 is 14.8 Å². The largest absolute Gasteiger partial charge is 0.497 e. The van der Waals surface area contributed by atoms with Crippen LogP contribution in [0.2, 0.25) is 25.7 Å². The number of nitrogens with one attached hydrogen (secondary N) is 1. The number of benzene rings is 1. The van der Waals surface area contributed by atoms with E-state index < -0.39 is 8.07 Å². The van der Waals surface area contributed by atoms with Crippen LogP contribution in [0.15, 0.2) is 29.0 Å². The molecule has 0 fully saturated rings. The van der Waals surface area contributed by atoms with E-state index >= 15 is 0 Å². The fraction of sp³-hybridized carbons (Fsp3) is 0.500. The molecule has 132 valence electrons. The zero-order valence-corrected chi connectivity index (χ0v) is 17.3. The summed E-state index contributed by atoms with van der Waals surface area (Å²) in [6.45, 7) is 8.82. The minimum atomic E-state index is -1.06. The van der Waals surface area contributed by atoms with Gasteiger partial charge in [-0.25, -0.2) is 4.68 Å². The first-order valence-corrected chi connectivity index (χ1v) is 12.4. The highest BCUT2D eigenvalue weighted by Crippen LogP contribution is 2.14. The van der Waals surface area contributed by atoms with Gasteiger partial charge in [-0.05, 0) is 39.7 Å². The summed E-state index contributed by atoms with van der Waals surface area (Å²) in [6, 6.07) is 9.04. The van der Waals surface area contributed by atoms with Crippen molar-refractivity contribution < 1.29 is 9.47 Å². The summed E-state index contributed by atoms with van der Waals surface area (Å²) in [6.07, 6.45) is 0. The molecular formula is C16H25BrN4O2Si. The van der Waals surface area contributed by atoms with Crippen LogP contribution in [-0.2, 0) is 18.0 Å². The third-order valence-corrected chi connectivity index (χ3v) is 5.74. The maximum absolute atomic E-state index is 5.70. The lowest BCUT2D eigenvalue weighted by Gasteiger charge is -2.15. The molecular weight excluding hydrogens is 388 g/mol. The Morgan fingerprint density at radius 3 is 2.54 bits per heavy atom. The molecule has 24 heavy (non-hydrogen) atoms. The van der Waals surface area contributed by atoms with E-state index in [4.69, 9.17) is 9.47 Å². The topological polar surface area (TPSA) is 61.2 Å². The Morgan fingerprint density at radius 2 is 1.92 bits per heavy atom. The van der Waals surface area contributed by atoms with Crippen LogP contribution in [0, 0.1) is 0 Å². The van der Waals surface area contributed by atoms with E-state index in [-0.39, 0.29) is 0 Å². The Labute approximate surface area is 152 Å². The molecule has 1 heterocycles. The smallest absolute Gasteiger partial charge is 0.243 e. The number of ether oxygens (including phenoxy) is 2. The van der Waals surface area contributed by atoms with Crippen LogP contribution in [0.3, 0.4) is 0 Å². The van der Waals surface area contributed by atoms with Gasteiger partial charge in [-0.2, -0.15) is 4.98 Å². The van der Waals surface area contributed by atoms with Gasteiger partial charge in [0.25, 0.3) is 0 Å². The van der Waals surface area contributed by atoms with Crippen LogP contribution in [0.4, 0.5) is 5.95 Å². The molecule has 0 aliphatic carbocycles. The van der Waals surface area contributed by atoms with Gasteiger partial charge in [-0.15, -0.1) is 5.10 Å². The first-order valence-electron chi connectivity index (χ1n) is 7.92. The number of anilines is 1. The van der Waals surface area contributed by atoms with Crippen molar-refractivity contribution in [1.29, 1.82) is 0 Å². The lowest BCUT2D eigenvalue weighted by Crippen LogP contribution is -2.22. The predicted molar refractivity (Wildman–Crippen MR) is 102 cm³/mol. The molecule has 8 heteroatoms. The van der Waals surface area contributed by atoms with Crippen LogP contribution >= 0.6 is 15.9 Å². The van der Waals surface area contributed by atoms with Crippen molar-refractivity contribution in [1.82, 2.24) is 14.8 Å². The third kappa shape index (κ3) is 6.25. The van der Waals surface area contributed by atoms with E-state index in [1.807, 2.05) is 24.3 Å². The summed E-state index contributed by atoms with van der Waals surface area (Å²) in [7, 11) is 0.596. The quantitative estimate of drug-likeness (QED) is 0.498. The number of rotatable bonds is 9. The molecule has 0 unspecified atom stereocenters. The van der Waals surface area contributed by atoms with Crippen molar-refractivity contribution in [2.45, 2.75) is 39.0 Å². The van der Waals surface area contributed by atoms with Gasteiger partial charge in [0.15, 0.2) is 4.73 Å². The summed E-state index contributed by atoms with van der Waals surface area (Å²) in [5.74, 6) is 1.42. The molecule has 6 nitrogen and oxygen atoms in total. The van der Waals surface area contributed by atoms with E-state index in [2.05, 4.69) is 51.0 Å². The lowest BCUT2D eigenvalue weighted by atomic mass is 10.2. The summed E-state index contributed by atoms with van der Waals surface area (Å²) in [5, 5.41) is 7.61. The number of hydrogen-bond donors (Lipinski definition) is 1. The Balaban J connectivity index is 1.82. The minimum absolute atomic E-state index is 0.405. The van der Waals surface area contributed by atoms with E-state index in [1.54, 1.807) is 11.8 Å². The first kappa shape index (κ1) is 18.9. The molecule has 1 N–H and O–H groups in total. The monoisotopic (exact) mass is 412 g/mol. The average molecular weight is 413 g/mol. The van der Waals surface area contributed by atoms with Gasteiger partial charge in [0.1, 0.15) is 12.5 Å². The number of halogens is 1. The van der Waals surface area contributed by atoms with Gasteiger partial charge in [0.05, 0.1) is 7.11 Å². The van der Waals surface area contributed by atoms with Gasteiger partial charge in [0, 0.05) is 21.2 Å². The molecule has 2 aromatic rings. The minimum Gasteiger partial charge on any atom is -0.497 e. The standard InChI is InChI=1S/C16H25BrN4O2Si/c1-22-14-7-5-13(6-8-14)11-18-16-19-15(17)21(20-16)12-23-9-10-24(2,3)4/h5-8H,9-12H2,1-4H3,(H,18,20). The molecule has 0 saturated heterocycles. The summed E-state index contributed by atoms with van der Waals surface area (Å²) in [5.41, 5.74) is 1.13. The van der Waals surface area contributed by atoms with Crippen molar-refractivity contribution in [3.8, 4) is 5.75 Å². The van der Waals surface area contributed by atoms with Crippen LogP contribution in [0.25, 0.3) is 0 Å². The Hall–Kier alpha value is -1.38. The second kappa shape index (κ2) is 8.64. The van der Waals surface area contributed by atoms with Crippen molar-refractivity contribution in [2.24, 2.45) is 0 Å². The first-order chi connectivity index (χ1) is 11.4. The maximum atomic E-state index is 5.70. The van der Waals surface area contributed by atoms with E-state index in [0.29, 0.717) is 24.0 Å². The zero-order valence-electron chi connectivity index (χ0n) is 14.7. The molecule has 0 amide bonds. The fourth-order valence-electron chi connectivity index (χ4n) is 1.93. The second-order valence-electron chi connectivity index (χ2n) is 6.75. The molecule has 1 aromatic heterocycles. The summed E-state index contributed by atoms with van der Waals surface area (Å²) in [4.78, 5) is 4.35. The number of aromatic nitrogens is 3. The second-order valence-corrected chi connectivity index (χ2v) is 13.1. The van der Waals surface area contributed by atoms with Crippen molar-refractivity contribution in [2.75, 3.05) is 19.0 Å². The van der Waals surface area contributed by atoms with Gasteiger partial charge in [-0.1, -0.05) is 31.8 Å². The highest BCUT2D eigenvalue weighted by molar-refractivity contribution is 9.10. The number of methoxy groups -OCH3 is 1. The predicted octanol–water partition coefficient (Wildman–Crippen LogP) is 3.97. The summed E-state index contributed by atoms with van der Waals surface area (Å²) < 4.78 is 13.2. The van der Waals surface area contributed by atoms with E-state index in [9.17, 15) is 0 Å². The van der Waals surface area contributed by atoms with Crippen LogP contribution in [-0.4, -0.2) is 36.6 Å². The normalized spacial score (nSPS) is 11.5. The Kier molecular flexibility index (Phi) is 6.82. The molecule has 0 saturated carbocycles. The molecule has 2 rings (SSSR count). The van der Waals surface area contributed by atoms with E-state index in [1.165, 1.54) is 0 Å². The molecule has 0 spiro atoms. The van der Waals surface area contributed by atoms with Crippen LogP contribution in [0.5, 0.6) is 5.75 Å². The maximum Gasteiger partial charge on any atom is 0.243 e. The Morgan fingerprint density at radius 1 is 1.21 bits per heavy atom. The molecule has 0 radical (unpaired) electrons. The molecule has 0 bridgehead atoms. The Bertz CT molecular complexity index is 641.